The molecule has 2 atom stereocenters. The summed E-state index contributed by atoms with van der Waals surface area (Å²) in [6, 6.07) is 18.6. The number of rotatable bonds is 5. The Morgan fingerprint density at radius 1 is 1.07 bits per heavy atom. The van der Waals surface area contributed by atoms with E-state index in [1.54, 1.807) is 18.4 Å². The van der Waals surface area contributed by atoms with Crippen LogP contribution in [0.2, 0.25) is 0 Å². The van der Waals surface area contributed by atoms with Crippen LogP contribution in [0.4, 0.5) is 0 Å². The lowest BCUT2D eigenvalue weighted by atomic mass is 9.63. The zero-order chi connectivity index (χ0) is 21.3. The zero-order valence-corrected chi connectivity index (χ0v) is 19.0. The van der Waals surface area contributed by atoms with Gasteiger partial charge in [-0.2, -0.15) is 0 Å². The Kier molecular flexibility index (Phi) is 6.12. The molecular weight excluding hydrogens is 392 g/mol. The van der Waals surface area contributed by atoms with Crippen molar-refractivity contribution in [1.29, 1.82) is 0 Å². The zero-order valence-electron chi connectivity index (χ0n) is 18.2. The first kappa shape index (κ1) is 21.3. The van der Waals surface area contributed by atoms with Crippen molar-refractivity contribution in [2.45, 2.75) is 37.6 Å². The van der Waals surface area contributed by atoms with E-state index in [2.05, 4.69) is 49.1 Å². The molecule has 0 N–H and O–H groups in total. The summed E-state index contributed by atoms with van der Waals surface area (Å²) in [5, 5.41) is 0. The van der Waals surface area contributed by atoms with Crippen LogP contribution >= 0.6 is 0 Å². The molecule has 2 heterocycles. The minimum atomic E-state index is -1.02. The Bertz CT molecular complexity index is 903. The number of benzene rings is 2. The van der Waals surface area contributed by atoms with Gasteiger partial charge in [-0.1, -0.05) is 44.2 Å². The molecule has 0 bridgehead atoms. The molecule has 0 aliphatic carbocycles. The Balaban J connectivity index is 1.46. The number of piperidine rings is 1. The lowest BCUT2D eigenvalue weighted by Gasteiger charge is -2.61. The average molecular weight is 425 g/mol. The first-order valence-corrected chi connectivity index (χ1v) is 12.5. The average Bonchev–Trinajstić information content (AvgIpc) is 2.73. The molecule has 160 valence electrons. The molecule has 4 rings (SSSR count). The van der Waals surface area contributed by atoms with Crippen LogP contribution in [0, 0.1) is 11.3 Å². The maximum absolute atomic E-state index is 13.0. The first-order valence-electron chi connectivity index (χ1n) is 10.9. The van der Waals surface area contributed by atoms with Crippen molar-refractivity contribution >= 4 is 16.7 Å². The molecule has 2 saturated heterocycles. The van der Waals surface area contributed by atoms with Gasteiger partial charge in [0.2, 0.25) is 0 Å². The summed E-state index contributed by atoms with van der Waals surface area (Å²) in [6.45, 7) is 8.43. The number of amides is 1. The van der Waals surface area contributed by atoms with Gasteiger partial charge < -0.3 is 4.90 Å². The van der Waals surface area contributed by atoms with Crippen molar-refractivity contribution in [3.05, 3.63) is 65.7 Å². The van der Waals surface area contributed by atoms with Gasteiger partial charge in [0.15, 0.2) is 0 Å². The Labute approximate surface area is 182 Å². The van der Waals surface area contributed by atoms with Crippen molar-refractivity contribution in [3.8, 4) is 0 Å². The number of hydrogen-bond donors (Lipinski definition) is 0. The second-order valence-electron chi connectivity index (χ2n) is 9.27. The van der Waals surface area contributed by atoms with E-state index >= 15 is 0 Å². The molecule has 2 aromatic rings. The third kappa shape index (κ3) is 4.10. The molecule has 0 aromatic heterocycles. The molecule has 0 radical (unpaired) electrons. The molecule has 2 aromatic carbocycles. The monoisotopic (exact) mass is 424 g/mol. The van der Waals surface area contributed by atoms with E-state index in [9.17, 15) is 9.00 Å². The van der Waals surface area contributed by atoms with Crippen LogP contribution in [-0.2, 0) is 10.8 Å². The quantitative estimate of drug-likeness (QED) is 0.716. The lowest BCUT2D eigenvalue weighted by Crippen LogP contribution is -2.63. The molecular formula is C25H32N2O2S. The molecule has 2 aliphatic heterocycles. The summed E-state index contributed by atoms with van der Waals surface area (Å²) < 4.78 is 11.6. The van der Waals surface area contributed by atoms with Crippen LogP contribution in [0.5, 0.6) is 0 Å². The van der Waals surface area contributed by atoms with E-state index in [1.807, 2.05) is 17.0 Å². The molecule has 2 unspecified atom stereocenters. The van der Waals surface area contributed by atoms with Crippen LogP contribution in [0.3, 0.4) is 0 Å². The van der Waals surface area contributed by atoms with Gasteiger partial charge >= 0.3 is 0 Å². The van der Waals surface area contributed by atoms with Crippen molar-refractivity contribution in [2.75, 3.05) is 32.4 Å². The van der Waals surface area contributed by atoms with E-state index in [0.717, 1.165) is 43.9 Å². The molecule has 0 saturated carbocycles. The smallest absolute Gasteiger partial charge is 0.253 e. The molecule has 4 nitrogen and oxygen atoms in total. The molecule has 30 heavy (non-hydrogen) atoms. The number of hydrogen-bond acceptors (Lipinski definition) is 3. The van der Waals surface area contributed by atoms with Crippen LogP contribution in [-0.4, -0.2) is 52.4 Å². The number of nitrogens with zero attached hydrogens (tertiary/aromatic N) is 2. The highest BCUT2D eigenvalue weighted by atomic mass is 32.2. The van der Waals surface area contributed by atoms with Gasteiger partial charge in [-0.15, -0.1) is 0 Å². The second kappa shape index (κ2) is 8.64. The summed E-state index contributed by atoms with van der Waals surface area (Å²) in [6.07, 6.45) is 3.75. The van der Waals surface area contributed by atoms with E-state index in [1.165, 1.54) is 5.56 Å². The third-order valence-electron chi connectivity index (χ3n) is 6.66. The van der Waals surface area contributed by atoms with Crippen molar-refractivity contribution in [3.63, 3.8) is 0 Å². The van der Waals surface area contributed by atoms with E-state index < -0.39 is 10.8 Å². The largest absolute Gasteiger partial charge is 0.339 e. The van der Waals surface area contributed by atoms with Gasteiger partial charge in [-0.05, 0) is 48.6 Å². The summed E-state index contributed by atoms with van der Waals surface area (Å²) in [4.78, 5) is 18.4. The number of carbonyl (C=O) groups is 1. The van der Waals surface area contributed by atoms with Gasteiger partial charge in [0.1, 0.15) is 0 Å². The van der Waals surface area contributed by atoms with Crippen LogP contribution in [0.15, 0.2) is 59.5 Å². The van der Waals surface area contributed by atoms with Crippen LogP contribution in [0.25, 0.3) is 0 Å². The normalized spacial score (nSPS) is 22.1. The van der Waals surface area contributed by atoms with Gasteiger partial charge in [0.25, 0.3) is 5.91 Å². The van der Waals surface area contributed by atoms with Crippen molar-refractivity contribution < 1.29 is 9.00 Å². The SMILES string of the molecule is CC(C)CN1CC2(CCN(C(=O)c3ccc(S(C)=O)cc3)CC2)C1c1ccccc1. The van der Waals surface area contributed by atoms with Crippen LogP contribution < -0.4 is 0 Å². The number of likely N-dealkylation sites (tertiary alicyclic amines) is 2. The predicted molar refractivity (Wildman–Crippen MR) is 122 cm³/mol. The fourth-order valence-corrected chi connectivity index (χ4v) is 5.77. The summed E-state index contributed by atoms with van der Waals surface area (Å²) >= 11 is 0. The van der Waals surface area contributed by atoms with Gasteiger partial charge in [-0.25, -0.2) is 0 Å². The maximum atomic E-state index is 13.0. The Morgan fingerprint density at radius 2 is 1.70 bits per heavy atom. The molecule has 1 spiro atoms. The number of carbonyl (C=O) groups excluding carboxylic acids is 1. The highest BCUT2D eigenvalue weighted by molar-refractivity contribution is 7.84. The highest BCUT2D eigenvalue weighted by Gasteiger charge is 2.54. The fraction of sp³-hybridized carbons (Fsp3) is 0.480. The van der Waals surface area contributed by atoms with E-state index in [0.29, 0.717) is 17.5 Å². The predicted octanol–water partition coefficient (Wildman–Crippen LogP) is 4.36. The van der Waals surface area contributed by atoms with Crippen LogP contribution in [0.1, 0.15) is 48.7 Å². The Hall–Kier alpha value is -1.98. The maximum Gasteiger partial charge on any atom is 0.253 e. The second-order valence-corrected chi connectivity index (χ2v) is 10.6. The highest BCUT2D eigenvalue weighted by Crippen LogP contribution is 2.55. The summed E-state index contributed by atoms with van der Waals surface area (Å²) in [5.74, 6) is 0.739. The summed E-state index contributed by atoms with van der Waals surface area (Å²) in [5.41, 5.74) is 2.37. The fourth-order valence-electron chi connectivity index (χ4n) is 5.25. The molecule has 2 fully saturated rings. The topological polar surface area (TPSA) is 40.6 Å². The minimum absolute atomic E-state index is 0.0907. The summed E-state index contributed by atoms with van der Waals surface area (Å²) in [7, 11) is -1.02. The Morgan fingerprint density at radius 3 is 2.27 bits per heavy atom. The van der Waals surface area contributed by atoms with E-state index in [4.69, 9.17) is 0 Å². The third-order valence-corrected chi connectivity index (χ3v) is 7.59. The lowest BCUT2D eigenvalue weighted by molar-refractivity contribution is -0.112. The van der Waals surface area contributed by atoms with Crippen molar-refractivity contribution in [1.82, 2.24) is 9.80 Å². The van der Waals surface area contributed by atoms with Gasteiger partial charge in [-0.3, -0.25) is 13.9 Å². The van der Waals surface area contributed by atoms with E-state index in [-0.39, 0.29) is 11.3 Å². The molecule has 5 heteroatoms. The van der Waals surface area contributed by atoms with Crippen molar-refractivity contribution in [2.24, 2.45) is 11.3 Å². The van der Waals surface area contributed by atoms with Gasteiger partial charge in [0, 0.05) is 65.2 Å². The van der Waals surface area contributed by atoms with Gasteiger partial charge in [0.05, 0.1) is 0 Å². The molecule has 2 aliphatic rings. The molecule has 1 amide bonds. The first-order chi connectivity index (χ1) is 14.4. The standard InChI is InChI=1S/C25H32N2O2S/c1-19(2)17-27-18-25(23(27)20-7-5-4-6-8-20)13-15-26(16-14-25)24(28)21-9-11-22(12-10-21)30(3)29/h4-12,19,23H,13-18H2,1-3H3. The minimum Gasteiger partial charge on any atom is -0.339 e.